The van der Waals surface area contributed by atoms with Crippen LogP contribution in [0.1, 0.15) is 6.92 Å². The lowest BCUT2D eigenvalue weighted by atomic mass is 9.96. The Balaban J connectivity index is 1.40. The van der Waals surface area contributed by atoms with Crippen LogP contribution in [0.15, 0.2) is 0 Å². The van der Waals surface area contributed by atoms with E-state index in [0.717, 1.165) is 0 Å². The molecule has 0 aromatic rings. The molecule has 4 aliphatic heterocycles. The van der Waals surface area contributed by atoms with Crippen LogP contribution in [0.25, 0.3) is 0 Å². The second-order valence-electron chi connectivity index (χ2n) is 11.1. The minimum Gasteiger partial charge on any atom is -0.394 e. The first kappa shape index (κ1) is 36.0. The van der Waals surface area contributed by atoms with Crippen LogP contribution in [0.3, 0.4) is 0 Å². The fraction of sp³-hybridized carbons (Fsp3) is 1.00. The van der Waals surface area contributed by atoms with E-state index in [1.807, 2.05) is 0 Å². The van der Waals surface area contributed by atoms with Gasteiger partial charge in [0, 0.05) is 0 Å². The molecule has 0 aromatic carbocycles. The Hall–Kier alpha value is -0.800. The number of aliphatic hydroxyl groups is 13. The molecule has 4 rings (SSSR count). The molecular weight excluding hydrogens is 608 g/mol. The van der Waals surface area contributed by atoms with Crippen LogP contribution in [-0.4, -0.2) is 209 Å². The Morgan fingerprint density at radius 3 is 1.32 bits per heavy atom. The molecule has 0 aliphatic carbocycles. The molecule has 258 valence electrons. The zero-order valence-electron chi connectivity index (χ0n) is 23.3. The lowest BCUT2D eigenvalue weighted by Crippen LogP contribution is -2.67. The van der Waals surface area contributed by atoms with Crippen molar-refractivity contribution in [2.45, 2.75) is 130 Å². The average Bonchev–Trinajstić information content (AvgIpc) is 3.00. The van der Waals surface area contributed by atoms with Gasteiger partial charge in [-0.05, 0) is 6.92 Å². The van der Waals surface area contributed by atoms with E-state index in [1.165, 1.54) is 6.92 Å². The Labute approximate surface area is 249 Å². The van der Waals surface area contributed by atoms with Gasteiger partial charge in [-0.15, -0.1) is 0 Å². The predicted octanol–water partition coefficient (Wildman–Crippen LogP) is -8.72. The Kier molecular flexibility index (Phi) is 12.3. The van der Waals surface area contributed by atoms with Crippen LogP contribution in [0, 0.1) is 0 Å². The summed E-state index contributed by atoms with van der Waals surface area (Å²) in [5.74, 6) is 0. The molecule has 20 nitrogen and oxygen atoms in total. The molecule has 4 fully saturated rings. The smallest absolute Gasteiger partial charge is 0.187 e. The molecule has 0 spiro atoms. The monoisotopic (exact) mass is 650 g/mol. The summed E-state index contributed by atoms with van der Waals surface area (Å²) in [4.78, 5) is 0. The van der Waals surface area contributed by atoms with Crippen LogP contribution in [0.4, 0.5) is 0 Å². The van der Waals surface area contributed by atoms with Crippen molar-refractivity contribution >= 4 is 0 Å². The maximum Gasteiger partial charge on any atom is 0.187 e. The van der Waals surface area contributed by atoms with E-state index in [9.17, 15) is 66.4 Å². The van der Waals surface area contributed by atoms with Gasteiger partial charge in [0.05, 0.1) is 25.9 Å². The van der Waals surface area contributed by atoms with Gasteiger partial charge in [-0.25, -0.2) is 0 Å². The first-order valence-corrected chi connectivity index (χ1v) is 14.0. The first-order valence-electron chi connectivity index (χ1n) is 14.0. The highest BCUT2D eigenvalue weighted by Crippen LogP contribution is 2.34. The molecule has 0 radical (unpaired) electrons. The Morgan fingerprint density at radius 2 is 0.795 bits per heavy atom. The number of hydrogen-bond acceptors (Lipinski definition) is 20. The lowest BCUT2D eigenvalue weighted by Gasteiger charge is -2.48. The van der Waals surface area contributed by atoms with E-state index < -0.39 is 143 Å². The van der Waals surface area contributed by atoms with Crippen LogP contribution in [-0.2, 0) is 33.2 Å². The molecule has 0 bridgehead atoms. The third-order valence-electron chi connectivity index (χ3n) is 8.16. The van der Waals surface area contributed by atoms with Gasteiger partial charge in [0.25, 0.3) is 0 Å². The highest BCUT2D eigenvalue weighted by Gasteiger charge is 2.54. The average molecular weight is 651 g/mol. The summed E-state index contributed by atoms with van der Waals surface area (Å²) >= 11 is 0. The fourth-order valence-electron chi connectivity index (χ4n) is 5.52. The second kappa shape index (κ2) is 15.0. The molecule has 4 aliphatic rings. The van der Waals surface area contributed by atoms with Crippen LogP contribution < -0.4 is 0 Å². The number of ether oxygens (including phenoxy) is 7. The first-order chi connectivity index (χ1) is 20.7. The van der Waals surface area contributed by atoms with Crippen molar-refractivity contribution in [2.75, 3.05) is 19.8 Å². The van der Waals surface area contributed by atoms with Crippen molar-refractivity contribution in [3.05, 3.63) is 0 Å². The van der Waals surface area contributed by atoms with E-state index in [4.69, 9.17) is 33.2 Å². The molecule has 4 saturated heterocycles. The van der Waals surface area contributed by atoms with Crippen LogP contribution >= 0.6 is 0 Å². The molecule has 44 heavy (non-hydrogen) atoms. The second-order valence-corrected chi connectivity index (χ2v) is 11.1. The standard InChI is InChI=1S/C24H42O20/c1-5-18(12(31)16(35)22(38-5)43-19-7(3-26)39-21(37)14(33)11(19)30)42-24-17(36)13(32)20(8(4-27)41-24)44-23-15(34)10(29)9(28)6(2-25)40-23/h5-37H,2-4H2,1H3. The topological polar surface area (TPSA) is 328 Å². The third-order valence-corrected chi connectivity index (χ3v) is 8.16. The van der Waals surface area contributed by atoms with E-state index in [0.29, 0.717) is 0 Å². The SMILES string of the molecule is CC1OC(OC2C(CO)OC(O)C(O)C2O)C(O)C(O)C1OC1OC(CO)C(OC2OC(CO)C(O)C(O)C2O)C(O)C1O. The Morgan fingerprint density at radius 1 is 0.409 bits per heavy atom. The summed E-state index contributed by atoms with van der Waals surface area (Å²) in [6.07, 6.45) is -33.4. The molecule has 20 atom stereocenters. The van der Waals surface area contributed by atoms with E-state index in [-0.39, 0.29) is 0 Å². The van der Waals surface area contributed by atoms with Crippen molar-refractivity contribution in [3.63, 3.8) is 0 Å². The van der Waals surface area contributed by atoms with Gasteiger partial charge in [0.1, 0.15) is 91.6 Å². The van der Waals surface area contributed by atoms with Gasteiger partial charge < -0.3 is 99.5 Å². The molecule has 0 amide bonds. The van der Waals surface area contributed by atoms with Crippen molar-refractivity contribution in [2.24, 2.45) is 0 Å². The lowest BCUT2D eigenvalue weighted by molar-refractivity contribution is -0.385. The van der Waals surface area contributed by atoms with Gasteiger partial charge in [0.15, 0.2) is 25.2 Å². The van der Waals surface area contributed by atoms with Gasteiger partial charge in [0.2, 0.25) is 0 Å². The summed E-state index contributed by atoms with van der Waals surface area (Å²) in [7, 11) is 0. The molecule has 13 N–H and O–H groups in total. The minimum atomic E-state index is -1.94. The van der Waals surface area contributed by atoms with Crippen LogP contribution in [0.2, 0.25) is 0 Å². The van der Waals surface area contributed by atoms with Crippen molar-refractivity contribution < 1.29 is 99.5 Å². The third kappa shape index (κ3) is 7.05. The quantitative estimate of drug-likeness (QED) is 0.110. The van der Waals surface area contributed by atoms with Gasteiger partial charge in [-0.2, -0.15) is 0 Å². The maximum atomic E-state index is 10.8. The summed E-state index contributed by atoms with van der Waals surface area (Å²) < 4.78 is 38.0. The molecule has 0 saturated carbocycles. The van der Waals surface area contributed by atoms with Gasteiger partial charge in [-0.1, -0.05) is 0 Å². The summed E-state index contributed by atoms with van der Waals surface area (Å²) in [6.45, 7) is -1.00. The number of rotatable bonds is 9. The number of hydrogen-bond donors (Lipinski definition) is 13. The van der Waals surface area contributed by atoms with E-state index in [1.54, 1.807) is 0 Å². The highest BCUT2D eigenvalue weighted by atomic mass is 16.8. The van der Waals surface area contributed by atoms with Gasteiger partial charge in [-0.3, -0.25) is 0 Å². The number of aliphatic hydroxyl groups excluding tert-OH is 13. The summed E-state index contributed by atoms with van der Waals surface area (Å²) in [6, 6.07) is 0. The van der Waals surface area contributed by atoms with Crippen molar-refractivity contribution in [1.82, 2.24) is 0 Å². The van der Waals surface area contributed by atoms with Crippen molar-refractivity contribution in [1.29, 1.82) is 0 Å². The molecule has 20 heteroatoms. The van der Waals surface area contributed by atoms with Crippen molar-refractivity contribution in [3.8, 4) is 0 Å². The molecular formula is C24H42O20. The van der Waals surface area contributed by atoms with Crippen LogP contribution in [0.5, 0.6) is 0 Å². The van der Waals surface area contributed by atoms with E-state index in [2.05, 4.69) is 0 Å². The fourth-order valence-corrected chi connectivity index (χ4v) is 5.52. The predicted molar refractivity (Wildman–Crippen MR) is 132 cm³/mol. The molecule has 20 unspecified atom stereocenters. The molecule has 0 aromatic heterocycles. The van der Waals surface area contributed by atoms with E-state index >= 15 is 0 Å². The summed E-state index contributed by atoms with van der Waals surface area (Å²) in [5, 5.41) is 132. The zero-order valence-corrected chi connectivity index (χ0v) is 23.3. The Bertz CT molecular complexity index is 896. The zero-order chi connectivity index (χ0) is 32.6. The maximum absolute atomic E-state index is 10.8. The minimum absolute atomic E-state index is 0.759. The molecule has 4 heterocycles. The largest absolute Gasteiger partial charge is 0.394 e. The van der Waals surface area contributed by atoms with Gasteiger partial charge >= 0.3 is 0 Å². The highest BCUT2D eigenvalue weighted by molar-refractivity contribution is 4.97. The summed E-state index contributed by atoms with van der Waals surface area (Å²) in [5.41, 5.74) is 0. The normalized spacial score (nSPS) is 53.9.